The van der Waals surface area contributed by atoms with Gasteiger partial charge < -0.3 is 5.73 Å². The van der Waals surface area contributed by atoms with Crippen molar-refractivity contribution in [3.63, 3.8) is 0 Å². The summed E-state index contributed by atoms with van der Waals surface area (Å²) in [7, 11) is 0. The van der Waals surface area contributed by atoms with Crippen LogP contribution in [0, 0.1) is 6.92 Å². The number of benzene rings is 1. The Bertz CT molecular complexity index is 686. The first-order valence-corrected chi connectivity index (χ1v) is 5.88. The molecule has 4 heteroatoms. The van der Waals surface area contributed by atoms with E-state index in [-0.39, 0.29) is 0 Å². The zero-order chi connectivity index (χ0) is 12.5. The lowest BCUT2D eigenvalue weighted by atomic mass is 10.1. The molecule has 18 heavy (non-hydrogen) atoms. The van der Waals surface area contributed by atoms with Gasteiger partial charge >= 0.3 is 0 Å². The van der Waals surface area contributed by atoms with Crippen molar-refractivity contribution >= 4 is 5.65 Å². The molecule has 0 saturated heterocycles. The molecule has 0 atom stereocenters. The summed E-state index contributed by atoms with van der Waals surface area (Å²) >= 11 is 0. The fourth-order valence-electron chi connectivity index (χ4n) is 2.06. The Morgan fingerprint density at radius 3 is 2.72 bits per heavy atom. The normalized spacial score (nSPS) is 11.0. The van der Waals surface area contributed by atoms with Crippen LogP contribution in [0.4, 0.5) is 0 Å². The van der Waals surface area contributed by atoms with Crippen LogP contribution in [-0.2, 0) is 6.54 Å². The van der Waals surface area contributed by atoms with Gasteiger partial charge in [-0.3, -0.25) is 4.40 Å². The van der Waals surface area contributed by atoms with Gasteiger partial charge in [-0.2, -0.15) is 0 Å². The second kappa shape index (κ2) is 4.23. The maximum absolute atomic E-state index is 5.66. The molecule has 0 amide bonds. The van der Waals surface area contributed by atoms with Crippen molar-refractivity contribution in [1.29, 1.82) is 0 Å². The monoisotopic (exact) mass is 238 g/mol. The van der Waals surface area contributed by atoms with Crippen LogP contribution >= 0.6 is 0 Å². The van der Waals surface area contributed by atoms with Crippen molar-refractivity contribution in [2.45, 2.75) is 13.5 Å². The second-order valence-electron chi connectivity index (χ2n) is 4.22. The summed E-state index contributed by atoms with van der Waals surface area (Å²) in [5, 5.41) is 0. The summed E-state index contributed by atoms with van der Waals surface area (Å²) in [6.45, 7) is 2.40. The van der Waals surface area contributed by atoms with E-state index in [1.807, 2.05) is 41.9 Å². The highest BCUT2D eigenvalue weighted by atomic mass is 15.1. The van der Waals surface area contributed by atoms with Crippen molar-refractivity contribution in [1.82, 2.24) is 14.4 Å². The van der Waals surface area contributed by atoms with Gasteiger partial charge in [0.05, 0.1) is 5.69 Å². The predicted molar refractivity (Wildman–Crippen MR) is 71.1 cm³/mol. The van der Waals surface area contributed by atoms with Crippen molar-refractivity contribution in [3.8, 4) is 11.1 Å². The first-order chi connectivity index (χ1) is 8.79. The van der Waals surface area contributed by atoms with Gasteiger partial charge in [0, 0.05) is 24.5 Å². The average Bonchev–Trinajstić information content (AvgIpc) is 2.85. The van der Waals surface area contributed by atoms with Gasteiger partial charge in [-0.25, -0.2) is 9.97 Å². The lowest BCUT2D eigenvalue weighted by Gasteiger charge is -2.05. The average molecular weight is 238 g/mol. The number of nitrogens with zero attached hydrogens (tertiary/aromatic N) is 3. The number of fused-ring (bicyclic) bond motifs is 1. The maximum Gasteiger partial charge on any atom is 0.147 e. The Morgan fingerprint density at radius 2 is 2.00 bits per heavy atom. The molecule has 2 aromatic heterocycles. The summed E-state index contributed by atoms with van der Waals surface area (Å²) in [6.07, 6.45) is 3.82. The van der Waals surface area contributed by atoms with Gasteiger partial charge in [-0.15, -0.1) is 0 Å². The third kappa shape index (κ3) is 1.67. The topological polar surface area (TPSA) is 56.2 Å². The van der Waals surface area contributed by atoms with Crippen LogP contribution in [-0.4, -0.2) is 14.4 Å². The van der Waals surface area contributed by atoms with E-state index in [9.17, 15) is 0 Å². The molecule has 2 heterocycles. The Hall–Kier alpha value is -2.20. The molecule has 3 rings (SSSR count). The van der Waals surface area contributed by atoms with Gasteiger partial charge in [0.15, 0.2) is 0 Å². The van der Waals surface area contributed by atoms with Crippen LogP contribution in [0.5, 0.6) is 0 Å². The molecule has 1 aromatic carbocycles. The summed E-state index contributed by atoms with van der Waals surface area (Å²) in [4.78, 5) is 8.98. The number of rotatable bonds is 2. The van der Waals surface area contributed by atoms with E-state index in [1.54, 1.807) is 0 Å². The molecule has 0 aliphatic rings. The fourth-order valence-corrected chi connectivity index (χ4v) is 2.06. The van der Waals surface area contributed by atoms with Crippen molar-refractivity contribution in [3.05, 3.63) is 54.2 Å². The number of aromatic nitrogens is 3. The second-order valence-corrected chi connectivity index (χ2v) is 4.22. The minimum absolute atomic E-state index is 0.440. The lowest BCUT2D eigenvalue weighted by Crippen LogP contribution is -1.96. The molecule has 2 N–H and O–H groups in total. The Kier molecular flexibility index (Phi) is 2.57. The summed E-state index contributed by atoms with van der Waals surface area (Å²) < 4.78 is 1.99. The predicted octanol–water partition coefficient (Wildman–Crippen LogP) is 2.16. The maximum atomic E-state index is 5.66. The number of hydrogen-bond acceptors (Lipinski definition) is 3. The van der Waals surface area contributed by atoms with E-state index < -0.39 is 0 Å². The van der Waals surface area contributed by atoms with Crippen LogP contribution in [0.3, 0.4) is 0 Å². The summed E-state index contributed by atoms with van der Waals surface area (Å²) in [5.74, 6) is 0.914. The quantitative estimate of drug-likeness (QED) is 0.744. The highest BCUT2D eigenvalue weighted by Crippen LogP contribution is 2.23. The molecule has 0 fully saturated rings. The van der Waals surface area contributed by atoms with E-state index >= 15 is 0 Å². The van der Waals surface area contributed by atoms with Crippen LogP contribution in [0.1, 0.15) is 11.5 Å². The van der Waals surface area contributed by atoms with Crippen molar-refractivity contribution < 1.29 is 0 Å². The first kappa shape index (κ1) is 10.9. The number of hydrogen-bond donors (Lipinski definition) is 1. The highest BCUT2D eigenvalue weighted by Gasteiger charge is 2.09. The molecule has 0 unspecified atom stereocenters. The number of imidazole rings is 1. The molecule has 0 bridgehead atoms. The van der Waals surface area contributed by atoms with Crippen LogP contribution in [0.15, 0.2) is 42.7 Å². The zero-order valence-corrected chi connectivity index (χ0v) is 10.2. The lowest BCUT2D eigenvalue weighted by molar-refractivity contribution is 0.979. The molecule has 0 spiro atoms. The zero-order valence-electron chi connectivity index (χ0n) is 10.2. The number of aryl methyl sites for hydroxylation is 1. The van der Waals surface area contributed by atoms with Gasteiger partial charge in [-0.05, 0) is 12.5 Å². The largest absolute Gasteiger partial charge is 0.325 e. The third-order valence-electron chi connectivity index (χ3n) is 3.02. The Labute approximate surface area is 105 Å². The van der Waals surface area contributed by atoms with E-state index in [0.717, 1.165) is 28.3 Å². The van der Waals surface area contributed by atoms with E-state index in [2.05, 4.69) is 22.1 Å². The minimum Gasteiger partial charge on any atom is -0.325 e. The van der Waals surface area contributed by atoms with E-state index in [4.69, 9.17) is 5.73 Å². The molecule has 4 nitrogen and oxygen atoms in total. The molecule has 0 aliphatic carbocycles. The van der Waals surface area contributed by atoms with Gasteiger partial charge in [0.25, 0.3) is 0 Å². The standard InChI is InChI=1S/C14H14N4/c1-10-16-8-13(11-5-3-2-4-6-11)14-17-12(7-15)9-18(10)14/h2-6,8-9H,7,15H2,1H3. The van der Waals surface area contributed by atoms with E-state index in [0.29, 0.717) is 6.54 Å². The molecule has 0 saturated carbocycles. The minimum atomic E-state index is 0.440. The van der Waals surface area contributed by atoms with Crippen LogP contribution in [0.2, 0.25) is 0 Å². The van der Waals surface area contributed by atoms with Gasteiger partial charge in [-0.1, -0.05) is 30.3 Å². The fraction of sp³-hybridized carbons (Fsp3) is 0.143. The molecular weight excluding hydrogens is 224 g/mol. The van der Waals surface area contributed by atoms with Gasteiger partial charge in [0.1, 0.15) is 11.5 Å². The van der Waals surface area contributed by atoms with Crippen molar-refractivity contribution in [2.24, 2.45) is 5.73 Å². The SMILES string of the molecule is Cc1ncc(-c2ccccc2)c2nc(CN)cn12. The van der Waals surface area contributed by atoms with Crippen LogP contribution < -0.4 is 5.73 Å². The molecule has 0 aliphatic heterocycles. The molecule has 90 valence electrons. The molecular formula is C14H14N4. The molecule has 0 radical (unpaired) electrons. The summed E-state index contributed by atoms with van der Waals surface area (Å²) in [5.41, 5.74) is 9.59. The smallest absolute Gasteiger partial charge is 0.147 e. The van der Waals surface area contributed by atoms with Crippen LogP contribution in [0.25, 0.3) is 16.8 Å². The Balaban J connectivity index is 2.30. The van der Waals surface area contributed by atoms with Crippen molar-refractivity contribution in [2.75, 3.05) is 0 Å². The molecule has 3 aromatic rings. The number of nitrogens with two attached hydrogens (primary N) is 1. The third-order valence-corrected chi connectivity index (χ3v) is 3.02. The highest BCUT2D eigenvalue weighted by molar-refractivity contribution is 5.77. The summed E-state index contributed by atoms with van der Waals surface area (Å²) in [6, 6.07) is 10.1. The van der Waals surface area contributed by atoms with Gasteiger partial charge in [0.2, 0.25) is 0 Å². The first-order valence-electron chi connectivity index (χ1n) is 5.88. The van der Waals surface area contributed by atoms with E-state index in [1.165, 1.54) is 0 Å². The Morgan fingerprint density at radius 1 is 1.22 bits per heavy atom.